The number of pyridine rings is 1. The van der Waals surface area contributed by atoms with E-state index in [1.165, 1.54) is 6.07 Å². The number of nitrogens with zero attached hydrogens (tertiary/aromatic N) is 2. The van der Waals surface area contributed by atoms with Gasteiger partial charge in [-0.1, -0.05) is 11.8 Å². The molecule has 1 aliphatic heterocycles. The van der Waals surface area contributed by atoms with E-state index < -0.39 is 11.7 Å². The molecule has 0 aromatic carbocycles. The van der Waals surface area contributed by atoms with E-state index in [4.69, 9.17) is 4.74 Å². The lowest BCUT2D eigenvalue weighted by Crippen LogP contribution is -2.45. The van der Waals surface area contributed by atoms with E-state index in [2.05, 4.69) is 4.98 Å². The van der Waals surface area contributed by atoms with Crippen LogP contribution in [0.25, 0.3) is 0 Å². The van der Waals surface area contributed by atoms with Gasteiger partial charge in [-0.3, -0.25) is 4.79 Å². The summed E-state index contributed by atoms with van der Waals surface area (Å²) in [6.07, 6.45) is -3.60. The van der Waals surface area contributed by atoms with Crippen LogP contribution in [0.15, 0.2) is 23.4 Å². The quantitative estimate of drug-likeness (QED) is 0.802. The van der Waals surface area contributed by atoms with Crippen molar-refractivity contribution in [1.82, 2.24) is 9.88 Å². The summed E-state index contributed by atoms with van der Waals surface area (Å²) >= 11 is 1.13. The summed E-state index contributed by atoms with van der Waals surface area (Å²) in [6, 6.07) is 2.25. The number of thioether (sulfide) groups is 1. The minimum absolute atomic E-state index is 0.0110. The maximum Gasteiger partial charge on any atom is 0.417 e. The molecular formula is C13H15F3N2O2S. The van der Waals surface area contributed by atoms with Gasteiger partial charge in [0.1, 0.15) is 0 Å². The van der Waals surface area contributed by atoms with Gasteiger partial charge in [0.2, 0.25) is 5.91 Å². The zero-order chi connectivity index (χ0) is 15.5. The average Bonchev–Trinajstić information content (AvgIpc) is 2.44. The molecule has 1 fully saturated rings. The van der Waals surface area contributed by atoms with Crippen molar-refractivity contribution < 1.29 is 22.7 Å². The van der Waals surface area contributed by atoms with E-state index in [0.717, 1.165) is 24.0 Å². The first-order chi connectivity index (χ1) is 9.86. The summed E-state index contributed by atoms with van der Waals surface area (Å²) in [7, 11) is 0. The average molecular weight is 320 g/mol. The first-order valence-electron chi connectivity index (χ1n) is 6.41. The smallest absolute Gasteiger partial charge is 0.375 e. The van der Waals surface area contributed by atoms with Crippen molar-refractivity contribution in [2.75, 3.05) is 25.4 Å². The number of alkyl halides is 3. The molecular weight excluding hydrogens is 305 g/mol. The highest BCUT2D eigenvalue weighted by Gasteiger charge is 2.30. The van der Waals surface area contributed by atoms with Crippen LogP contribution >= 0.6 is 11.8 Å². The highest BCUT2D eigenvalue weighted by Crippen LogP contribution is 2.29. The lowest BCUT2D eigenvalue weighted by molar-refractivity contribution is -0.138. The number of halogens is 3. The third kappa shape index (κ3) is 4.60. The van der Waals surface area contributed by atoms with E-state index in [1.54, 1.807) is 4.90 Å². The van der Waals surface area contributed by atoms with Gasteiger partial charge in [-0.25, -0.2) is 4.98 Å². The lowest BCUT2D eigenvalue weighted by Gasteiger charge is -2.31. The fourth-order valence-corrected chi connectivity index (χ4v) is 2.65. The standard InChI is InChI=1S/C13H15F3N2O2S/c1-9-7-18(4-5-20-9)12(19)8-21-11-3-2-10(6-17-11)13(14,15)16/h2-3,6,9H,4-5,7-8H2,1H3. The Morgan fingerprint density at radius 2 is 2.29 bits per heavy atom. The molecule has 4 nitrogen and oxygen atoms in total. The number of aromatic nitrogens is 1. The minimum atomic E-state index is -4.39. The van der Waals surface area contributed by atoms with Gasteiger partial charge in [0.05, 0.1) is 29.1 Å². The third-order valence-corrected chi connectivity index (χ3v) is 3.93. The molecule has 0 N–H and O–H groups in total. The van der Waals surface area contributed by atoms with Gasteiger partial charge in [0, 0.05) is 19.3 Å². The Labute approximate surface area is 124 Å². The van der Waals surface area contributed by atoms with Gasteiger partial charge in [0.25, 0.3) is 0 Å². The minimum Gasteiger partial charge on any atom is -0.375 e. The second-order valence-corrected chi connectivity index (χ2v) is 5.69. The molecule has 1 unspecified atom stereocenters. The molecule has 1 aromatic heterocycles. The Morgan fingerprint density at radius 1 is 1.52 bits per heavy atom. The summed E-state index contributed by atoms with van der Waals surface area (Å²) in [5.41, 5.74) is -0.791. The maximum atomic E-state index is 12.4. The van der Waals surface area contributed by atoms with Gasteiger partial charge in [-0.15, -0.1) is 0 Å². The Kier molecular flexibility index (Phi) is 5.10. The summed E-state index contributed by atoms with van der Waals surface area (Å²) in [6.45, 7) is 3.49. The second kappa shape index (κ2) is 6.65. The molecule has 8 heteroatoms. The number of amides is 1. The molecule has 2 rings (SSSR count). The normalized spacial score (nSPS) is 19.6. The molecule has 1 aliphatic rings. The molecule has 2 heterocycles. The monoisotopic (exact) mass is 320 g/mol. The number of morpholine rings is 1. The Bertz CT molecular complexity index is 493. The lowest BCUT2D eigenvalue weighted by atomic mass is 10.3. The van der Waals surface area contributed by atoms with Crippen molar-refractivity contribution in [3.8, 4) is 0 Å². The van der Waals surface area contributed by atoms with E-state index in [0.29, 0.717) is 24.7 Å². The van der Waals surface area contributed by atoms with Gasteiger partial charge in [-0.05, 0) is 19.1 Å². The van der Waals surface area contributed by atoms with E-state index in [1.807, 2.05) is 6.92 Å². The number of rotatable bonds is 3. The Balaban J connectivity index is 1.86. The SMILES string of the molecule is CC1CN(C(=O)CSc2ccc(C(F)(F)F)cn2)CCO1. The van der Waals surface area contributed by atoms with E-state index in [-0.39, 0.29) is 17.8 Å². The van der Waals surface area contributed by atoms with Gasteiger partial charge < -0.3 is 9.64 Å². The van der Waals surface area contributed by atoms with Crippen molar-refractivity contribution in [3.05, 3.63) is 23.9 Å². The van der Waals surface area contributed by atoms with Crippen LogP contribution in [0, 0.1) is 0 Å². The summed E-state index contributed by atoms with van der Waals surface area (Å²) in [4.78, 5) is 17.4. The van der Waals surface area contributed by atoms with Crippen LogP contribution in [-0.4, -0.2) is 47.3 Å². The molecule has 0 spiro atoms. The van der Waals surface area contributed by atoms with Crippen LogP contribution in [-0.2, 0) is 15.7 Å². The number of ether oxygens (including phenoxy) is 1. The summed E-state index contributed by atoms with van der Waals surface area (Å²) in [5, 5.41) is 0.401. The van der Waals surface area contributed by atoms with Crippen LogP contribution in [0.2, 0.25) is 0 Å². The first-order valence-corrected chi connectivity index (χ1v) is 7.40. The maximum absolute atomic E-state index is 12.4. The predicted octanol–water partition coefficient (Wildman–Crippen LogP) is 2.44. The second-order valence-electron chi connectivity index (χ2n) is 4.69. The van der Waals surface area contributed by atoms with Gasteiger partial charge in [-0.2, -0.15) is 13.2 Å². The van der Waals surface area contributed by atoms with Crippen LogP contribution in [0.3, 0.4) is 0 Å². The molecule has 116 valence electrons. The van der Waals surface area contributed by atoms with E-state index >= 15 is 0 Å². The topological polar surface area (TPSA) is 42.4 Å². The fraction of sp³-hybridized carbons (Fsp3) is 0.538. The summed E-state index contributed by atoms with van der Waals surface area (Å²) in [5.74, 6) is 0.0993. The van der Waals surface area contributed by atoms with Crippen molar-refractivity contribution >= 4 is 17.7 Å². The molecule has 1 aromatic rings. The predicted molar refractivity (Wildman–Crippen MR) is 72.0 cm³/mol. The highest BCUT2D eigenvalue weighted by atomic mass is 32.2. The Morgan fingerprint density at radius 3 is 2.86 bits per heavy atom. The molecule has 21 heavy (non-hydrogen) atoms. The van der Waals surface area contributed by atoms with Crippen LogP contribution in [0.4, 0.5) is 13.2 Å². The van der Waals surface area contributed by atoms with Crippen molar-refractivity contribution in [2.45, 2.75) is 24.2 Å². The van der Waals surface area contributed by atoms with Crippen LogP contribution in [0.1, 0.15) is 12.5 Å². The van der Waals surface area contributed by atoms with Crippen LogP contribution in [0.5, 0.6) is 0 Å². The molecule has 1 saturated heterocycles. The highest BCUT2D eigenvalue weighted by molar-refractivity contribution is 7.99. The Hall–Kier alpha value is -1.28. The largest absolute Gasteiger partial charge is 0.417 e. The number of hydrogen-bond donors (Lipinski definition) is 0. The zero-order valence-corrected chi connectivity index (χ0v) is 12.2. The van der Waals surface area contributed by atoms with Gasteiger partial charge in [0.15, 0.2) is 0 Å². The first kappa shape index (κ1) is 16.1. The third-order valence-electron chi connectivity index (χ3n) is 3.00. The molecule has 1 amide bonds. The molecule has 0 aliphatic carbocycles. The summed E-state index contributed by atoms with van der Waals surface area (Å²) < 4.78 is 42.5. The number of hydrogen-bond acceptors (Lipinski definition) is 4. The fourth-order valence-electron chi connectivity index (χ4n) is 1.91. The van der Waals surface area contributed by atoms with Crippen molar-refractivity contribution in [3.63, 3.8) is 0 Å². The van der Waals surface area contributed by atoms with Crippen LogP contribution < -0.4 is 0 Å². The zero-order valence-electron chi connectivity index (χ0n) is 11.4. The molecule has 0 bridgehead atoms. The van der Waals surface area contributed by atoms with Gasteiger partial charge >= 0.3 is 6.18 Å². The van der Waals surface area contributed by atoms with E-state index in [9.17, 15) is 18.0 Å². The molecule has 1 atom stereocenters. The van der Waals surface area contributed by atoms with Crippen molar-refractivity contribution in [1.29, 1.82) is 0 Å². The van der Waals surface area contributed by atoms with Crippen molar-refractivity contribution in [2.24, 2.45) is 0 Å². The number of carbonyl (C=O) groups excluding carboxylic acids is 1. The number of carbonyl (C=O) groups is 1. The molecule has 0 saturated carbocycles. The molecule has 0 radical (unpaired) electrons.